The van der Waals surface area contributed by atoms with Gasteiger partial charge in [0, 0.05) is 42.1 Å². The molecule has 35 heavy (non-hydrogen) atoms. The van der Waals surface area contributed by atoms with E-state index in [1.807, 2.05) is 23.5 Å². The summed E-state index contributed by atoms with van der Waals surface area (Å²) in [5.74, 6) is 0.226. The minimum Gasteiger partial charge on any atom is -0.365 e. The van der Waals surface area contributed by atoms with Gasteiger partial charge in [-0.2, -0.15) is 0 Å². The highest BCUT2D eigenvalue weighted by molar-refractivity contribution is 7.10. The fraction of sp³-hybridized carbons (Fsp3) is 0.345. The molecule has 1 atom stereocenters. The molecule has 2 aromatic carbocycles. The summed E-state index contributed by atoms with van der Waals surface area (Å²) in [4.78, 5) is 25.1. The van der Waals surface area contributed by atoms with E-state index in [2.05, 4.69) is 107 Å². The third kappa shape index (κ3) is 4.48. The molecule has 0 aliphatic carbocycles. The van der Waals surface area contributed by atoms with E-state index in [9.17, 15) is 4.79 Å². The van der Waals surface area contributed by atoms with Crippen molar-refractivity contribution in [1.29, 1.82) is 0 Å². The number of likely N-dealkylation sites (tertiary alicyclic amines) is 1. The summed E-state index contributed by atoms with van der Waals surface area (Å²) >= 11 is 1.82. The standard InChI is InChI=1S/C29H34N4OS/c1-31(2)29(27-14-9-19-35-27)15-17-33(18-16-29)28(34)20-25(22-10-5-4-6-11-22)32(3)26-21-30-24-13-8-7-12-23(24)26/h4-14,19,21,25,30H,15-18,20H2,1-3H3. The maximum atomic E-state index is 13.7. The van der Waals surface area contributed by atoms with E-state index in [0.29, 0.717) is 6.42 Å². The van der Waals surface area contributed by atoms with Gasteiger partial charge in [-0.15, -0.1) is 11.3 Å². The molecular formula is C29H34N4OS. The Morgan fingerprint density at radius 1 is 1.00 bits per heavy atom. The molecule has 0 saturated carbocycles. The molecule has 3 heterocycles. The number of carbonyl (C=O) groups excluding carboxylic acids is 1. The summed E-state index contributed by atoms with van der Waals surface area (Å²) < 4.78 is 0. The van der Waals surface area contributed by atoms with Gasteiger partial charge in [-0.1, -0.05) is 54.6 Å². The Morgan fingerprint density at radius 3 is 2.40 bits per heavy atom. The summed E-state index contributed by atoms with van der Waals surface area (Å²) in [7, 11) is 6.43. The second-order valence-corrected chi connectivity index (χ2v) is 10.7. The van der Waals surface area contributed by atoms with Crippen LogP contribution in [0.2, 0.25) is 0 Å². The molecule has 6 heteroatoms. The number of benzene rings is 2. The molecule has 1 amide bonds. The molecule has 1 unspecified atom stereocenters. The molecule has 2 aromatic heterocycles. The minimum absolute atomic E-state index is 0.0185. The molecule has 5 nitrogen and oxygen atoms in total. The summed E-state index contributed by atoms with van der Waals surface area (Å²) in [5, 5.41) is 3.33. The van der Waals surface area contributed by atoms with Gasteiger partial charge in [0.05, 0.1) is 23.7 Å². The lowest BCUT2D eigenvalue weighted by molar-refractivity contribution is -0.134. The highest BCUT2D eigenvalue weighted by atomic mass is 32.1. The molecule has 0 spiro atoms. The molecular weight excluding hydrogens is 452 g/mol. The van der Waals surface area contributed by atoms with Crippen molar-refractivity contribution in [3.8, 4) is 0 Å². The summed E-state index contributed by atoms with van der Waals surface area (Å²) in [6.07, 6.45) is 4.42. The molecule has 5 rings (SSSR count). The largest absolute Gasteiger partial charge is 0.365 e. The molecule has 1 N–H and O–H groups in total. The van der Waals surface area contributed by atoms with E-state index < -0.39 is 0 Å². The predicted molar refractivity (Wildman–Crippen MR) is 146 cm³/mol. The van der Waals surface area contributed by atoms with E-state index in [-0.39, 0.29) is 17.5 Å². The van der Waals surface area contributed by atoms with Gasteiger partial charge in [0.15, 0.2) is 0 Å². The van der Waals surface area contributed by atoms with Gasteiger partial charge >= 0.3 is 0 Å². The first-order chi connectivity index (χ1) is 17.0. The number of H-pyrrole nitrogens is 1. The zero-order valence-electron chi connectivity index (χ0n) is 20.8. The Labute approximate surface area is 212 Å². The summed E-state index contributed by atoms with van der Waals surface area (Å²) in [5.41, 5.74) is 3.40. The SMILES string of the molecule is CN(c1c[nH]c2ccccc12)C(CC(=O)N1CCC(c2cccs2)(N(C)C)CC1)c1ccccc1. The second kappa shape index (κ2) is 9.88. The number of nitrogens with zero attached hydrogens (tertiary/aromatic N) is 3. The molecule has 0 radical (unpaired) electrons. The van der Waals surface area contributed by atoms with Crippen LogP contribution in [0.3, 0.4) is 0 Å². The van der Waals surface area contributed by atoms with Crippen molar-refractivity contribution < 1.29 is 4.79 Å². The molecule has 1 aliphatic heterocycles. The van der Waals surface area contributed by atoms with Crippen molar-refractivity contribution in [2.45, 2.75) is 30.8 Å². The average Bonchev–Trinajstić information content (AvgIpc) is 3.58. The van der Waals surface area contributed by atoms with Crippen LogP contribution in [-0.2, 0) is 10.3 Å². The summed E-state index contributed by atoms with van der Waals surface area (Å²) in [6, 6.07) is 23.1. The Hall–Kier alpha value is -3.09. The fourth-order valence-electron chi connectivity index (χ4n) is 5.55. The Kier molecular flexibility index (Phi) is 6.67. The van der Waals surface area contributed by atoms with E-state index in [4.69, 9.17) is 0 Å². The van der Waals surface area contributed by atoms with Crippen LogP contribution in [0.4, 0.5) is 5.69 Å². The maximum Gasteiger partial charge on any atom is 0.224 e. The van der Waals surface area contributed by atoms with Gasteiger partial charge in [0.1, 0.15) is 0 Å². The van der Waals surface area contributed by atoms with Crippen molar-refractivity contribution in [1.82, 2.24) is 14.8 Å². The predicted octanol–water partition coefficient (Wildman–Crippen LogP) is 5.88. The van der Waals surface area contributed by atoms with Crippen LogP contribution in [0, 0.1) is 0 Å². The van der Waals surface area contributed by atoms with Crippen LogP contribution in [0.5, 0.6) is 0 Å². The van der Waals surface area contributed by atoms with E-state index in [1.54, 1.807) is 0 Å². The number of nitrogens with one attached hydrogen (secondary N) is 1. The first kappa shape index (κ1) is 23.6. The maximum absolute atomic E-state index is 13.7. The topological polar surface area (TPSA) is 42.6 Å². The normalized spacial score (nSPS) is 16.5. The zero-order chi connectivity index (χ0) is 24.4. The second-order valence-electron chi connectivity index (χ2n) is 9.75. The lowest BCUT2D eigenvalue weighted by atomic mass is 9.84. The van der Waals surface area contributed by atoms with Gasteiger partial charge in [-0.05, 0) is 50.0 Å². The first-order valence-electron chi connectivity index (χ1n) is 12.3. The van der Waals surface area contributed by atoms with Crippen molar-refractivity contribution in [2.24, 2.45) is 0 Å². The smallest absolute Gasteiger partial charge is 0.224 e. The van der Waals surface area contributed by atoms with Gasteiger partial charge in [0.25, 0.3) is 0 Å². The number of anilines is 1. The van der Waals surface area contributed by atoms with Gasteiger partial charge < -0.3 is 14.8 Å². The fourth-order valence-corrected chi connectivity index (χ4v) is 6.61. The molecule has 1 aliphatic rings. The van der Waals surface area contributed by atoms with Crippen LogP contribution < -0.4 is 4.90 Å². The van der Waals surface area contributed by atoms with Crippen LogP contribution in [0.25, 0.3) is 10.9 Å². The Bertz CT molecular complexity index is 1260. The zero-order valence-corrected chi connectivity index (χ0v) is 21.6. The van der Waals surface area contributed by atoms with Crippen molar-refractivity contribution in [3.05, 3.63) is 88.7 Å². The number of piperidine rings is 1. The summed E-state index contributed by atoms with van der Waals surface area (Å²) in [6.45, 7) is 1.57. The molecule has 1 fully saturated rings. The highest BCUT2D eigenvalue weighted by Crippen LogP contribution is 2.40. The monoisotopic (exact) mass is 486 g/mol. The van der Waals surface area contributed by atoms with Gasteiger partial charge in [-0.3, -0.25) is 9.69 Å². The van der Waals surface area contributed by atoms with E-state index >= 15 is 0 Å². The van der Waals surface area contributed by atoms with Crippen LogP contribution in [0.15, 0.2) is 78.3 Å². The number of aromatic amines is 1. The van der Waals surface area contributed by atoms with E-state index in [0.717, 1.165) is 42.7 Å². The van der Waals surface area contributed by atoms with Crippen molar-refractivity contribution in [3.63, 3.8) is 0 Å². The number of aromatic nitrogens is 1. The number of hydrogen-bond donors (Lipinski definition) is 1. The quantitative estimate of drug-likeness (QED) is 0.355. The molecule has 182 valence electrons. The average molecular weight is 487 g/mol. The Morgan fingerprint density at radius 2 is 1.71 bits per heavy atom. The van der Waals surface area contributed by atoms with Gasteiger partial charge in [-0.25, -0.2) is 0 Å². The van der Waals surface area contributed by atoms with Crippen molar-refractivity contribution >= 4 is 33.8 Å². The molecule has 1 saturated heterocycles. The number of para-hydroxylation sites is 1. The third-order valence-corrected chi connectivity index (χ3v) is 8.81. The molecule has 0 bridgehead atoms. The van der Waals surface area contributed by atoms with Crippen molar-refractivity contribution in [2.75, 3.05) is 39.1 Å². The number of thiophene rings is 1. The van der Waals surface area contributed by atoms with Gasteiger partial charge in [0.2, 0.25) is 5.91 Å². The number of amides is 1. The minimum atomic E-state index is -0.0410. The van der Waals surface area contributed by atoms with Crippen LogP contribution >= 0.6 is 11.3 Å². The number of rotatable bonds is 7. The van der Waals surface area contributed by atoms with Crippen LogP contribution in [-0.4, -0.2) is 54.9 Å². The lowest BCUT2D eigenvalue weighted by Gasteiger charge is -2.46. The number of hydrogen-bond acceptors (Lipinski definition) is 4. The first-order valence-corrected chi connectivity index (χ1v) is 13.2. The number of carbonyl (C=O) groups is 1. The Balaban J connectivity index is 1.36. The van der Waals surface area contributed by atoms with E-state index in [1.165, 1.54) is 10.3 Å². The third-order valence-electron chi connectivity index (χ3n) is 7.75. The highest BCUT2D eigenvalue weighted by Gasteiger charge is 2.40. The lowest BCUT2D eigenvalue weighted by Crippen LogP contribution is -2.51. The molecule has 4 aromatic rings. The van der Waals surface area contributed by atoms with Crippen LogP contribution in [0.1, 0.15) is 35.7 Å². The number of fused-ring (bicyclic) bond motifs is 1.